The fourth-order valence-electron chi connectivity index (χ4n) is 2.25. The Morgan fingerprint density at radius 3 is 2.42 bits per heavy atom. The van der Waals surface area contributed by atoms with Crippen LogP contribution in [0.1, 0.15) is 48.7 Å². The Labute approximate surface area is 113 Å². The van der Waals surface area contributed by atoms with E-state index in [0.717, 1.165) is 22.8 Å². The summed E-state index contributed by atoms with van der Waals surface area (Å²) < 4.78 is 1.92. The highest BCUT2D eigenvalue weighted by Gasteiger charge is 2.14. The first-order valence-corrected chi connectivity index (χ1v) is 6.56. The Morgan fingerprint density at radius 2 is 1.84 bits per heavy atom. The summed E-state index contributed by atoms with van der Waals surface area (Å²) in [5.41, 5.74) is 9.38. The van der Waals surface area contributed by atoms with Crippen LogP contribution in [0.3, 0.4) is 0 Å². The van der Waals surface area contributed by atoms with Crippen molar-refractivity contribution in [2.75, 3.05) is 0 Å². The van der Waals surface area contributed by atoms with E-state index in [2.05, 4.69) is 28.9 Å². The molecule has 0 aliphatic heterocycles. The topological polar surface area (TPSA) is 69.6 Å². The molecule has 0 aliphatic rings. The average molecular weight is 259 g/mol. The molecule has 2 aromatic heterocycles. The van der Waals surface area contributed by atoms with Gasteiger partial charge in [0.05, 0.1) is 0 Å². The molecule has 2 aromatic rings. The summed E-state index contributed by atoms with van der Waals surface area (Å²) >= 11 is 0. The van der Waals surface area contributed by atoms with Gasteiger partial charge in [-0.2, -0.15) is 5.10 Å². The van der Waals surface area contributed by atoms with Gasteiger partial charge in [-0.3, -0.25) is 4.98 Å². The lowest BCUT2D eigenvalue weighted by Gasteiger charge is -2.15. The smallest absolute Gasteiger partial charge is 0.138 e. The zero-order valence-electron chi connectivity index (χ0n) is 12.0. The molecule has 2 heterocycles. The zero-order valence-corrected chi connectivity index (χ0v) is 12.0. The van der Waals surface area contributed by atoms with E-state index in [4.69, 9.17) is 5.73 Å². The van der Waals surface area contributed by atoms with E-state index in [-0.39, 0.29) is 6.04 Å². The van der Waals surface area contributed by atoms with Crippen LogP contribution in [0, 0.1) is 13.8 Å². The number of aromatic nitrogens is 4. The van der Waals surface area contributed by atoms with Gasteiger partial charge in [0.1, 0.15) is 12.2 Å². The third-order valence-electron chi connectivity index (χ3n) is 3.07. The maximum Gasteiger partial charge on any atom is 0.138 e. The van der Waals surface area contributed by atoms with Crippen molar-refractivity contribution in [3.63, 3.8) is 0 Å². The van der Waals surface area contributed by atoms with Crippen LogP contribution in [0.5, 0.6) is 0 Å². The van der Waals surface area contributed by atoms with Gasteiger partial charge in [0.25, 0.3) is 0 Å². The standard InChI is InChI=1S/C14H21N5/c1-9(2)19-14(16-8-17-19)7-13(15)12-5-10(3)18-11(4)6-12/h5-6,8-9,13H,7,15H2,1-4H3. The molecule has 0 spiro atoms. The zero-order chi connectivity index (χ0) is 14.0. The summed E-state index contributed by atoms with van der Waals surface area (Å²) in [5, 5.41) is 4.24. The first kappa shape index (κ1) is 13.7. The van der Waals surface area contributed by atoms with Gasteiger partial charge >= 0.3 is 0 Å². The minimum Gasteiger partial charge on any atom is -0.324 e. The molecule has 19 heavy (non-hydrogen) atoms. The molecule has 0 saturated heterocycles. The van der Waals surface area contributed by atoms with Crippen molar-refractivity contribution >= 4 is 0 Å². The minimum atomic E-state index is -0.0814. The molecule has 102 valence electrons. The van der Waals surface area contributed by atoms with Crippen LogP contribution in [0.15, 0.2) is 18.5 Å². The molecule has 1 atom stereocenters. The summed E-state index contributed by atoms with van der Waals surface area (Å²) in [7, 11) is 0. The fraction of sp³-hybridized carbons (Fsp3) is 0.500. The molecule has 0 aromatic carbocycles. The summed E-state index contributed by atoms with van der Waals surface area (Å²) in [6, 6.07) is 4.29. The van der Waals surface area contributed by atoms with Crippen molar-refractivity contribution in [2.24, 2.45) is 5.73 Å². The van der Waals surface area contributed by atoms with Crippen LogP contribution >= 0.6 is 0 Å². The van der Waals surface area contributed by atoms with Crippen LogP contribution in [-0.4, -0.2) is 19.7 Å². The summed E-state index contributed by atoms with van der Waals surface area (Å²) in [6.45, 7) is 8.15. The number of hydrogen-bond donors (Lipinski definition) is 1. The Balaban J connectivity index is 2.20. The third-order valence-corrected chi connectivity index (χ3v) is 3.07. The van der Waals surface area contributed by atoms with Crippen LogP contribution in [-0.2, 0) is 6.42 Å². The average Bonchev–Trinajstić information content (AvgIpc) is 2.75. The van der Waals surface area contributed by atoms with Crippen molar-refractivity contribution in [3.8, 4) is 0 Å². The molecule has 5 nitrogen and oxygen atoms in total. The van der Waals surface area contributed by atoms with Gasteiger partial charge in [-0.05, 0) is 45.4 Å². The molecule has 0 amide bonds. The molecular weight excluding hydrogens is 238 g/mol. The third kappa shape index (κ3) is 3.17. The monoisotopic (exact) mass is 259 g/mol. The second kappa shape index (κ2) is 5.48. The molecule has 1 unspecified atom stereocenters. The van der Waals surface area contributed by atoms with E-state index >= 15 is 0 Å². The molecule has 2 N–H and O–H groups in total. The molecule has 0 fully saturated rings. The molecule has 0 saturated carbocycles. The maximum atomic E-state index is 6.28. The van der Waals surface area contributed by atoms with E-state index < -0.39 is 0 Å². The summed E-state index contributed by atoms with van der Waals surface area (Å²) in [6.07, 6.45) is 2.27. The number of nitrogens with zero attached hydrogens (tertiary/aromatic N) is 4. The predicted octanol–water partition coefficient (Wildman–Crippen LogP) is 2.11. The van der Waals surface area contributed by atoms with Crippen molar-refractivity contribution < 1.29 is 0 Å². The highest BCUT2D eigenvalue weighted by molar-refractivity contribution is 5.24. The second-order valence-corrected chi connectivity index (χ2v) is 5.21. The summed E-state index contributed by atoms with van der Waals surface area (Å²) in [5.74, 6) is 0.926. The molecule has 0 bridgehead atoms. The Kier molecular flexibility index (Phi) is 3.95. The van der Waals surface area contributed by atoms with E-state index in [1.165, 1.54) is 0 Å². The number of nitrogens with two attached hydrogens (primary N) is 1. The lowest BCUT2D eigenvalue weighted by molar-refractivity contribution is 0.493. The van der Waals surface area contributed by atoms with Gasteiger partial charge in [-0.1, -0.05) is 0 Å². The summed E-state index contributed by atoms with van der Waals surface area (Å²) in [4.78, 5) is 8.67. The normalized spacial score (nSPS) is 12.9. The lowest BCUT2D eigenvalue weighted by atomic mass is 10.0. The molecule has 0 radical (unpaired) electrons. The number of rotatable bonds is 4. The van der Waals surface area contributed by atoms with Gasteiger partial charge in [-0.15, -0.1) is 0 Å². The second-order valence-electron chi connectivity index (χ2n) is 5.21. The van der Waals surface area contributed by atoms with Gasteiger partial charge in [-0.25, -0.2) is 9.67 Å². The highest BCUT2D eigenvalue weighted by Crippen LogP contribution is 2.18. The van der Waals surface area contributed by atoms with Crippen LogP contribution in [0.2, 0.25) is 0 Å². The molecular formula is C14H21N5. The Morgan fingerprint density at radius 1 is 1.21 bits per heavy atom. The number of hydrogen-bond acceptors (Lipinski definition) is 4. The SMILES string of the molecule is Cc1cc(C(N)Cc2ncnn2C(C)C)cc(C)n1. The Hall–Kier alpha value is -1.75. The fourth-order valence-corrected chi connectivity index (χ4v) is 2.25. The highest BCUT2D eigenvalue weighted by atomic mass is 15.3. The van der Waals surface area contributed by atoms with Crippen molar-refractivity contribution in [2.45, 2.75) is 46.2 Å². The molecule has 2 rings (SSSR count). The van der Waals surface area contributed by atoms with Crippen LogP contribution in [0.4, 0.5) is 0 Å². The van der Waals surface area contributed by atoms with E-state index in [1.54, 1.807) is 6.33 Å². The van der Waals surface area contributed by atoms with E-state index in [9.17, 15) is 0 Å². The largest absolute Gasteiger partial charge is 0.324 e. The van der Waals surface area contributed by atoms with Crippen molar-refractivity contribution in [3.05, 3.63) is 41.2 Å². The molecule has 0 aliphatic carbocycles. The van der Waals surface area contributed by atoms with Crippen molar-refractivity contribution in [1.82, 2.24) is 19.7 Å². The first-order valence-electron chi connectivity index (χ1n) is 6.56. The number of pyridine rings is 1. The maximum absolute atomic E-state index is 6.28. The van der Waals surface area contributed by atoms with Crippen molar-refractivity contribution in [1.29, 1.82) is 0 Å². The van der Waals surface area contributed by atoms with Crippen LogP contribution < -0.4 is 5.73 Å². The lowest BCUT2D eigenvalue weighted by Crippen LogP contribution is -2.18. The quantitative estimate of drug-likeness (QED) is 0.913. The minimum absolute atomic E-state index is 0.0814. The first-order chi connectivity index (χ1) is 8.97. The van der Waals surface area contributed by atoms with E-state index in [0.29, 0.717) is 12.5 Å². The Bertz CT molecular complexity index is 538. The molecule has 5 heteroatoms. The van der Waals surface area contributed by atoms with Gasteiger partial charge in [0.2, 0.25) is 0 Å². The van der Waals surface area contributed by atoms with Gasteiger partial charge in [0.15, 0.2) is 0 Å². The van der Waals surface area contributed by atoms with Crippen LogP contribution in [0.25, 0.3) is 0 Å². The van der Waals surface area contributed by atoms with Gasteiger partial charge in [0, 0.05) is 29.9 Å². The van der Waals surface area contributed by atoms with Gasteiger partial charge < -0.3 is 5.73 Å². The van der Waals surface area contributed by atoms with E-state index in [1.807, 2.05) is 30.7 Å². The number of aryl methyl sites for hydroxylation is 2. The predicted molar refractivity (Wildman–Crippen MR) is 74.8 cm³/mol.